The van der Waals surface area contributed by atoms with Gasteiger partial charge in [-0.05, 0) is 12.1 Å². The highest BCUT2D eigenvalue weighted by molar-refractivity contribution is 6.05. The van der Waals surface area contributed by atoms with Crippen molar-refractivity contribution in [1.82, 2.24) is 5.43 Å². The number of amides is 1. The van der Waals surface area contributed by atoms with Crippen molar-refractivity contribution in [3.8, 4) is 0 Å². The first kappa shape index (κ1) is 12.8. The molecule has 1 aliphatic rings. The summed E-state index contributed by atoms with van der Waals surface area (Å²) in [7, 11) is 0. The fraction of sp³-hybridized carbons (Fsp3) is 0.286. The van der Waals surface area contributed by atoms with Crippen LogP contribution in [0.15, 0.2) is 30.3 Å². The van der Waals surface area contributed by atoms with E-state index in [1.54, 1.807) is 0 Å². The molecule has 2 heterocycles. The number of nitrogens with zero attached hydrogens (tertiary/aromatic N) is 1. The molecule has 0 aliphatic carbocycles. The number of benzene rings is 1. The van der Waals surface area contributed by atoms with E-state index in [0.29, 0.717) is 5.56 Å². The number of para-hydroxylation sites is 1. The molecule has 20 heavy (non-hydrogen) atoms. The Morgan fingerprint density at radius 2 is 2.05 bits per heavy atom. The van der Waals surface area contributed by atoms with Crippen molar-refractivity contribution < 1.29 is 15.1 Å². The third-order valence-electron chi connectivity index (χ3n) is 3.68. The van der Waals surface area contributed by atoms with Gasteiger partial charge in [0.05, 0.1) is 5.56 Å². The first-order chi connectivity index (χ1) is 9.79. The zero-order chi connectivity index (χ0) is 13.9. The number of aromatic nitrogens is 1. The van der Waals surface area contributed by atoms with Crippen LogP contribution in [0.4, 0.5) is 5.82 Å². The van der Waals surface area contributed by atoms with E-state index < -0.39 is 0 Å². The molecular weight excluding hydrogens is 254 g/mol. The van der Waals surface area contributed by atoms with E-state index in [2.05, 4.69) is 20.6 Å². The number of quaternary nitrogens is 1. The number of nitrogens with one attached hydrogen (secondary N) is 2. The Morgan fingerprint density at radius 1 is 1.30 bits per heavy atom. The summed E-state index contributed by atoms with van der Waals surface area (Å²) in [6, 6.07) is 9.65. The average molecular weight is 273 g/mol. The zero-order valence-corrected chi connectivity index (χ0v) is 11.2. The lowest BCUT2D eigenvalue weighted by Gasteiger charge is -2.20. The van der Waals surface area contributed by atoms with Crippen molar-refractivity contribution in [1.29, 1.82) is 0 Å². The maximum absolute atomic E-state index is 12.0. The lowest BCUT2D eigenvalue weighted by Crippen LogP contribution is -2.90. The maximum Gasteiger partial charge on any atom is 0.276 e. The fourth-order valence-corrected chi connectivity index (χ4v) is 2.64. The summed E-state index contributed by atoms with van der Waals surface area (Å²) in [5, 5.41) is 3.17. The summed E-state index contributed by atoms with van der Waals surface area (Å²) < 4.78 is 0. The summed E-state index contributed by atoms with van der Waals surface area (Å²) >= 11 is 0. The van der Waals surface area contributed by atoms with Crippen LogP contribution < -0.4 is 26.5 Å². The minimum atomic E-state index is -0.264. The number of H-pyrrole nitrogens is 1. The molecule has 0 spiro atoms. The topological polar surface area (TPSA) is 89.1 Å². The van der Waals surface area contributed by atoms with Crippen LogP contribution in [0.1, 0.15) is 10.4 Å². The van der Waals surface area contributed by atoms with Gasteiger partial charge in [-0.3, -0.25) is 15.1 Å². The van der Waals surface area contributed by atoms with Gasteiger partial charge in [0, 0.05) is 11.5 Å². The summed E-state index contributed by atoms with van der Waals surface area (Å²) in [5.74, 6) is 6.00. The molecule has 1 saturated heterocycles. The number of aromatic amines is 1. The number of rotatable bonds is 2. The van der Waals surface area contributed by atoms with Crippen LogP contribution in [0.2, 0.25) is 0 Å². The van der Waals surface area contributed by atoms with Crippen molar-refractivity contribution in [2.24, 2.45) is 5.84 Å². The molecule has 6 N–H and O–H groups in total. The van der Waals surface area contributed by atoms with Gasteiger partial charge in [0.2, 0.25) is 0 Å². The molecule has 1 aromatic carbocycles. The van der Waals surface area contributed by atoms with E-state index in [1.165, 1.54) is 0 Å². The van der Waals surface area contributed by atoms with Crippen LogP contribution >= 0.6 is 0 Å². The number of carbonyl (C=O) groups excluding carboxylic acids is 1. The highest BCUT2D eigenvalue weighted by Gasteiger charge is 2.23. The van der Waals surface area contributed by atoms with Crippen LogP contribution in [0.5, 0.6) is 0 Å². The molecule has 1 amide bonds. The van der Waals surface area contributed by atoms with Crippen molar-refractivity contribution in [2.75, 3.05) is 31.1 Å². The SMILES string of the molecule is NNC(=O)c1cc(N2CC[NH2+]CC2)[nH+]c2ccccc12. The Morgan fingerprint density at radius 3 is 2.80 bits per heavy atom. The van der Waals surface area contributed by atoms with E-state index in [4.69, 9.17) is 5.84 Å². The molecule has 1 fully saturated rings. The number of pyridine rings is 1. The molecule has 1 aliphatic heterocycles. The molecule has 6 heteroatoms. The number of anilines is 1. The lowest BCUT2D eigenvalue weighted by atomic mass is 10.1. The Kier molecular flexibility index (Phi) is 3.49. The van der Waals surface area contributed by atoms with Crippen LogP contribution in [0, 0.1) is 0 Å². The molecule has 3 rings (SSSR count). The molecule has 1 aromatic heterocycles. The summed E-state index contributed by atoms with van der Waals surface area (Å²) in [6.45, 7) is 4.08. The van der Waals surface area contributed by atoms with Crippen LogP contribution in [-0.4, -0.2) is 32.1 Å². The summed E-state index contributed by atoms with van der Waals surface area (Å²) in [4.78, 5) is 17.7. The molecule has 0 saturated carbocycles. The number of nitrogen functional groups attached to an aromatic ring is 1. The molecular formula is C14H19N5O+2. The Balaban J connectivity index is 2.11. The highest BCUT2D eigenvalue weighted by atomic mass is 16.2. The second-order valence-electron chi connectivity index (χ2n) is 4.94. The zero-order valence-electron chi connectivity index (χ0n) is 11.2. The van der Waals surface area contributed by atoms with Crippen molar-refractivity contribution in [3.63, 3.8) is 0 Å². The first-order valence-electron chi connectivity index (χ1n) is 6.82. The Hall–Kier alpha value is -2.18. The van der Waals surface area contributed by atoms with Gasteiger partial charge < -0.3 is 5.32 Å². The van der Waals surface area contributed by atoms with E-state index in [1.807, 2.05) is 30.3 Å². The van der Waals surface area contributed by atoms with E-state index >= 15 is 0 Å². The first-order valence-corrected chi connectivity index (χ1v) is 6.82. The van der Waals surface area contributed by atoms with Gasteiger partial charge in [0.25, 0.3) is 11.7 Å². The maximum atomic E-state index is 12.0. The van der Waals surface area contributed by atoms with Crippen LogP contribution in [0.25, 0.3) is 10.9 Å². The third-order valence-corrected chi connectivity index (χ3v) is 3.68. The second kappa shape index (κ2) is 5.44. The number of hydrazine groups is 1. The molecule has 0 atom stereocenters. The van der Waals surface area contributed by atoms with E-state index in [0.717, 1.165) is 42.9 Å². The van der Waals surface area contributed by atoms with Gasteiger partial charge in [-0.15, -0.1) is 0 Å². The third kappa shape index (κ3) is 2.31. The van der Waals surface area contributed by atoms with Gasteiger partial charge >= 0.3 is 0 Å². The predicted molar refractivity (Wildman–Crippen MR) is 76.0 cm³/mol. The van der Waals surface area contributed by atoms with Gasteiger partial charge in [0.1, 0.15) is 31.7 Å². The Labute approximate surface area is 116 Å². The highest BCUT2D eigenvalue weighted by Crippen LogP contribution is 2.19. The van der Waals surface area contributed by atoms with Crippen molar-refractivity contribution in [2.45, 2.75) is 0 Å². The predicted octanol–water partition coefficient (Wildman–Crippen LogP) is -1.36. The van der Waals surface area contributed by atoms with Gasteiger partial charge in [-0.25, -0.2) is 10.8 Å². The number of carbonyl (C=O) groups is 1. The largest absolute Gasteiger partial charge is 0.340 e. The molecule has 0 bridgehead atoms. The summed E-state index contributed by atoms with van der Waals surface area (Å²) in [6.07, 6.45) is 0. The molecule has 2 aromatic rings. The number of piperazine rings is 1. The minimum Gasteiger partial charge on any atom is -0.340 e. The van der Waals surface area contributed by atoms with Crippen LogP contribution in [-0.2, 0) is 0 Å². The van der Waals surface area contributed by atoms with Crippen molar-refractivity contribution in [3.05, 3.63) is 35.9 Å². The standard InChI is InChI=1S/C14H17N5O/c15-18-14(20)11-9-13(19-7-5-16-6-8-19)17-12-4-2-1-3-10(11)12/h1-4,9,16H,5-8,15H2,(H,18,20)/p+2. The van der Waals surface area contributed by atoms with Crippen molar-refractivity contribution >= 4 is 22.6 Å². The minimum absolute atomic E-state index is 0.264. The smallest absolute Gasteiger partial charge is 0.276 e. The van der Waals surface area contributed by atoms with E-state index in [-0.39, 0.29) is 5.91 Å². The molecule has 6 nitrogen and oxygen atoms in total. The van der Waals surface area contributed by atoms with Crippen LogP contribution in [0.3, 0.4) is 0 Å². The number of nitrogens with two attached hydrogens (primary N) is 2. The van der Waals surface area contributed by atoms with Gasteiger partial charge in [0.15, 0.2) is 0 Å². The second-order valence-corrected chi connectivity index (χ2v) is 4.94. The monoisotopic (exact) mass is 273 g/mol. The Bertz CT molecular complexity index is 636. The normalized spacial score (nSPS) is 15.3. The molecule has 0 radical (unpaired) electrons. The lowest BCUT2D eigenvalue weighted by molar-refractivity contribution is -0.656. The number of fused-ring (bicyclic) bond motifs is 1. The number of hydrogen-bond acceptors (Lipinski definition) is 3. The van der Waals surface area contributed by atoms with Gasteiger partial charge in [-0.1, -0.05) is 12.1 Å². The average Bonchev–Trinajstić information content (AvgIpc) is 2.54. The summed E-state index contributed by atoms with van der Waals surface area (Å²) in [5.41, 5.74) is 3.77. The molecule has 104 valence electrons. The number of hydrogen-bond donors (Lipinski definition) is 3. The van der Waals surface area contributed by atoms with E-state index in [9.17, 15) is 4.79 Å². The quantitative estimate of drug-likeness (QED) is 0.359. The molecule has 0 unspecified atom stereocenters. The van der Waals surface area contributed by atoms with Gasteiger partial charge in [-0.2, -0.15) is 0 Å². The fourth-order valence-electron chi connectivity index (χ4n) is 2.64.